The summed E-state index contributed by atoms with van der Waals surface area (Å²) in [6.45, 7) is -0.433. The van der Waals surface area contributed by atoms with Gasteiger partial charge in [-0.2, -0.15) is 13.2 Å². The van der Waals surface area contributed by atoms with Crippen molar-refractivity contribution < 1.29 is 32.3 Å². The number of hydrogen-bond acceptors (Lipinski definition) is 4. The van der Waals surface area contributed by atoms with E-state index in [9.17, 15) is 27.6 Å². The molecule has 1 aliphatic rings. The average Bonchev–Trinajstić information content (AvgIpc) is 3.67. The zero-order chi connectivity index (χ0) is 25.7. The fraction of sp³-hybridized carbons (Fsp3) is 0.192. The zero-order valence-corrected chi connectivity index (χ0v) is 18.9. The fourth-order valence-corrected chi connectivity index (χ4v) is 3.26. The van der Waals surface area contributed by atoms with E-state index in [1.165, 1.54) is 36.4 Å². The minimum atomic E-state index is -4.52. The summed E-state index contributed by atoms with van der Waals surface area (Å²) in [5, 5.41) is 7.97. The fourth-order valence-electron chi connectivity index (χ4n) is 3.26. The van der Waals surface area contributed by atoms with Gasteiger partial charge in [0.25, 0.3) is 17.7 Å². The first-order valence-corrected chi connectivity index (χ1v) is 11.1. The predicted molar refractivity (Wildman–Crippen MR) is 127 cm³/mol. The number of carbonyl (C=O) groups is 3. The van der Waals surface area contributed by atoms with Gasteiger partial charge >= 0.3 is 6.18 Å². The van der Waals surface area contributed by atoms with Crippen molar-refractivity contribution in [3.63, 3.8) is 0 Å². The third-order valence-electron chi connectivity index (χ3n) is 5.26. The number of alkyl halides is 3. The Bertz CT molecular complexity index is 1270. The molecular weight excluding hydrogens is 475 g/mol. The topological polar surface area (TPSA) is 96.5 Å². The molecule has 4 rings (SSSR count). The second-order valence-electron chi connectivity index (χ2n) is 8.22. The quantitative estimate of drug-likeness (QED) is 0.414. The van der Waals surface area contributed by atoms with Gasteiger partial charge in [-0.15, -0.1) is 0 Å². The van der Waals surface area contributed by atoms with E-state index in [4.69, 9.17) is 4.74 Å². The molecule has 10 heteroatoms. The average molecular weight is 497 g/mol. The van der Waals surface area contributed by atoms with Crippen molar-refractivity contribution in [2.75, 3.05) is 17.2 Å². The van der Waals surface area contributed by atoms with Gasteiger partial charge in [0.2, 0.25) is 0 Å². The van der Waals surface area contributed by atoms with Crippen molar-refractivity contribution in [1.82, 2.24) is 5.32 Å². The Hall–Kier alpha value is -4.34. The first-order valence-electron chi connectivity index (χ1n) is 11.1. The molecule has 0 unspecified atom stereocenters. The number of anilines is 2. The lowest BCUT2D eigenvalue weighted by Gasteiger charge is -2.11. The maximum absolute atomic E-state index is 12.8. The van der Waals surface area contributed by atoms with E-state index in [0.717, 1.165) is 25.0 Å². The summed E-state index contributed by atoms with van der Waals surface area (Å²) in [5.41, 5.74) is 0.369. The summed E-state index contributed by atoms with van der Waals surface area (Å²) in [6.07, 6.45) is -2.57. The normalized spacial score (nSPS) is 13.0. The molecule has 36 heavy (non-hydrogen) atoms. The molecule has 0 aromatic heterocycles. The van der Waals surface area contributed by atoms with Crippen LogP contribution in [0.1, 0.15) is 39.1 Å². The van der Waals surface area contributed by atoms with Crippen molar-refractivity contribution in [3.05, 3.63) is 89.5 Å². The van der Waals surface area contributed by atoms with Crippen molar-refractivity contribution in [2.45, 2.75) is 25.1 Å². The van der Waals surface area contributed by atoms with Crippen LogP contribution in [0.2, 0.25) is 0 Å². The van der Waals surface area contributed by atoms with E-state index >= 15 is 0 Å². The summed E-state index contributed by atoms with van der Waals surface area (Å²) >= 11 is 0. The zero-order valence-electron chi connectivity index (χ0n) is 18.9. The van der Waals surface area contributed by atoms with Crippen molar-refractivity contribution in [2.24, 2.45) is 0 Å². The van der Waals surface area contributed by atoms with Crippen LogP contribution in [-0.2, 0) is 11.0 Å². The first kappa shape index (κ1) is 24.8. The van der Waals surface area contributed by atoms with Crippen LogP contribution in [-0.4, -0.2) is 30.4 Å². The van der Waals surface area contributed by atoms with Crippen LogP contribution in [0.5, 0.6) is 5.75 Å². The van der Waals surface area contributed by atoms with E-state index < -0.39 is 30.2 Å². The summed E-state index contributed by atoms with van der Waals surface area (Å²) in [5.74, 6) is -0.929. The molecule has 0 heterocycles. The monoisotopic (exact) mass is 497 g/mol. The molecule has 0 saturated heterocycles. The Morgan fingerprint density at radius 1 is 0.806 bits per heavy atom. The Morgan fingerprint density at radius 2 is 1.47 bits per heavy atom. The SMILES string of the molecule is O=C(COc1ccc(C(=O)Nc2cccc(C(=O)NC3CC3)c2)cc1)Nc1cccc(C(F)(F)F)c1. The van der Waals surface area contributed by atoms with Gasteiger partial charge in [0.1, 0.15) is 5.75 Å². The van der Waals surface area contributed by atoms with Gasteiger partial charge in [0.05, 0.1) is 5.56 Å². The van der Waals surface area contributed by atoms with Gasteiger partial charge in [0.15, 0.2) is 6.61 Å². The van der Waals surface area contributed by atoms with E-state index in [2.05, 4.69) is 16.0 Å². The molecule has 3 aromatic carbocycles. The molecule has 7 nitrogen and oxygen atoms in total. The van der Waals surface area contributed by atoms with Crippen LogP contribution in [0.3, 0.4) is 0 Å². The maximum atomic E-state index is 12.8. The second kappa shape index (κ2) is 10.5. The minimum absolute atomic E-state index is 0.000432. The molecule has 3 aromatic rings. The van der Waals surface area contributed by atoms with Crippen molar-refractivity contribution in [3.8, 4) is 5.75 Å². The summed E-state index contributed by atoms with van der Waals surface area (Å²) in [7, 11) is 0. The second-order valence-corrected chi connectivity index (χ2v) is 8.22. The van der Waals surface area contributed by atoms with Gasteiger partial charge in [-0.3, -0.25) is 14.4 Å². The van der Waals surface area contributed by atoms with Crippen LogP contribution in [0.25, 0.3) is 0 Å². The summed E-state index contributed by atoms with van der Waals surface area (Å²) in [4.78, 5) is 36.8. The van der Waals surface area contributed by atoms with Crippen molar-refractivity contribution in [1.29, 1.82) is 0 Å². The van der Waals surface area contributed by atoms with Crippen LogP contribution in [0.4, 0.5) is 24.5 Å². The minimum Gasteiger partial charge on any atom is -0.484 e. The molecule has 1 fully saturated rings. The van der Waals surface area contributed by atoms with Gasteiger partial charge in [-0.1, -0.05) is 12.1 Å². The van der Waals surface area contributed by atoms with Gasteiger partial charge in [-0.25, -0.2) is 0 Å². The summed E-state index contributed by atoms with van der Waals surface area (Å²) in [6, 6.07) is 17.1. The lowest BCUT2D eigenvalue weighted by atomic mass is 10.1. The molecule has 1 aliphatic carbocycles. The highest BCUT2D eigenvalue weighted by molar-refractivity contribution is 6.05. The van der Waals surface area contributed by atoms with E-state index in [1.807, 2.05) is 0 Å². The molecule has 1 saturated carbocycles. The standard InChI is InChI=1S/C26H22F3N3O4/c27-26(28,29)18-4-2-6-21(14-18)30-23(33)15-36-22-11-7-16(8-12-22)24(34)32-20-5-1-3-17(13-20)25(35)31-19-9-10-19/h1-8,11-14,19H,9-10,15H2,(H,30,33)(H,31,35)(H,32,34). The third-order valence-corrected chi connectivity index (χ3v) is 5.26. The highest BCUT2D eigenvalue weighted by Gasteiger charge is 2.30. The van der Waals surface area contributed by atoms with Gasteiger partial charge in [0, 0.05) is 28.5 Å². The smallest absolute Gasteiger partial charge is 0.416 e. The number of hydrogen-bond donors (Lipinski definition) is 3. The Kier molecular flexibility index (Phi) is 7.23. The Labute approximate surface area is 204 Å². The molecule has 0 bridgehead atoms. The molecule has 0 spiro atoms. The molecule has 186 valence electrons. The third kappa shape index (κ3) is 6.84. The van der Waals surface area contributed by atoms with Crippen LogP contribution in [0, 0.1) is 0 Å². The first-order chi connectivity index (χ1) is 17.2. The number of ether oxygens (including phenoxy) is 1. The lowest BCUT2D eigenvalue weighted by molar-refractivity contribution is -0.137. The summed E-state index contributed by atoms with van der Waals surface area (Å²) < 4.78 is 43.8. The maximum Gasteiger partial charge on any atom is 0.416 e. The Balaban J connectivity index is 1.28. The van der Waals surface area contributed by atoms with Crippen LogP contribution >= 0.6 is 0 Å². The van der Waals surface area contributed by atoms with Gasteiger partial charge < -0.3 is 20.7 Å². The van der Waals surface area contributed by atoms with Crippen LogP contribution < -0.4 is 20.7 Å². The number of amides is 3. The highest BCUT2D eigenvalue weighted by Crippen LogP contribution is 2.30. The number of benzene rings is 3. The number of rotatable bonds is 8. The highest BCUT2D eigenvalue weighted by atomic mass is 19.4. The molecule has 3 amide bonds. The number of carbonyl (C=O) groups excluding carboxylic acids is 3. The van der Waals surface area contributed by atoms with E-state index in [1.54, 1.807) is 24.3 Å². The van der Waals surface area contributed by atoms with Gasteiger partial charge in [-0.05, 0) is 73.5 Å². The molecule has 3 N–H and O–H groups in total. The number of nitrogens with one attached hydrogen (secondary N) is 3. The van der Waals surface area contributed by atoms with E-state index in [0.29, 0.717) is 22.6 Å². The molecule has 0 radical (unpaired) electrons. The largest absolute Gasteiger partial charge is 0.484 e. The lowest BCUT2D eigenvalue weighted by Crippen LogP contribution is -2.25. The number of halogens is 3. The molecular formula is C26H22F3N3O4. The van der Waals surface area contributed by atoms with Crippen LogP contribution in [0.15, 0.2) is 72.8 Å². The molecule has 0 atom stereocenters. The van der Waals surface area contributed by atoms with E-state index in [-0.39, 0.29) is 17.6 Å². The predicted octanol–water partition coefficient (Wildman–Crippen LogP) is 4.87. The molecule has 0 aliphatic heterocycles. The Morgan fingerprint density at radius 3 is 2.14 bits per heavy atom. The van der Waals surface area contributed by atoms with Crippen molar-refractivity contribution >= 4 is 29.1 Å².